The van der Waals surface area contributed by atoms with Crippen molar-refractivity contribution in [3.63, 3.8) is 0 Å². The minimum atomic E-state index is -3.79. The monoisotopic (exact) mass is 230 g/mol. The molecule has 1 aromatic rings. The largest absolute Gasteiger partial charge is 0.405 e. The summed E-state index contributed by atoms with van der Waals surface area (Å²) in [5.74, 6) is 0.159. The lowest BCUT2D eigenvalue weighted by Gasteiger charge is -2.19. The van der Waals surface area contributed by atoms with Crippen molar-refractivity contribution in [1.29, 1.82) is 0 Å². The molecule has 0 fully saturated rings. The van der Waals surface area contributed by atoms with Crippen LogP contribution in [-0.4, -0.2) is 42.6 Å². The molecule has 15 heavy (non-hydrogen) atoms. The second-order valence-corrected chi connectivity index (χ2v) is 4.74. The number of ether oxygens (including phenoxy) is 1. The SMILES string of the molecule is Cc1cc2n(n1)S(=O)(=O)N=C(N(C)C)O2. The number of amidine groups is 1. The lowest BCUT2D eigenvalue weighted by Crippen LogP contribution is -2.34. The van der Waals surface area contributed by atoms with Crippen LogP contribution in [-0.2, 0) is 10.2 Å². The van der Waals surface area contributed by atoms with Gasteiger partial charge in [0.1, 0.15) is 0 Å². The molecule has 2 rings (SSSR count). The third-order valence-electron chi connectivity index (χ3n) is 1.76. The Kier molecular flexibility index (Phi) is 1.97. The standard InChI is InChI=1S/C7H10N4O3S/c1-5-4-6-11(8-5)15(12,13)9-7(14-6)10(2)3/h4H,1-3H3. The van der Waals surface area contributed by atoms with E-state index in [1.807, 2.05) is 0 Å². The van der Waals surface area contributed by atoms with Crippen LogP contribution in [0.5, 0.6) is 5.88 Å². The summed E-state index contributed by atoms with van der Waals surface area (Å²) >= 11 is 0. The van der Waals surface area contributed by atoms with Crippen molar-refractivity contribution in [3.05, 3.63) is 11.8 Å². The van der Waals surface area contributed by atoms with Crippen LogP contribution >= 0.6 is 0 Å². The minimum absolute atomic E-state index is 0.0300. The molecule has 8 heteroatoms. The number of hydrogen-bond acceptors (Lipinski definition) is 5. The molecule has 82 valence electrons. The molecule has 0 saturated heterocycles. The van der Waals surface area contributed by atoms with E-state index >= 15 is 0 Å². The summed E-state index contributed by atoms with van der Waals surface area (Å²) in [6.07, 6.45) is 0. The topological polar surface area (TPSA) is 76.8 Å². The number of fused-ring (bicyclic) bond motifs is 1. The molecule has 0 radical (unpaired) electrons. The molecule has 1 aliphatic heterocycles. The normalized spacial score (nSPS) is 17.7. The lowest BCUT2D eigenvalue weighted by atomic mass is 10.5. The highest BCUT2D eigenvalue weighted by Gasteiger charge is 2.28. The number of hydrogen-bond donors (Lipinski definition) is 0. The van der Waals surface area contributed by atoms with Crippen LogP contribution in [0.25, 0.3) is 0 Å². The van der Waals surface area contributed by atoms with E-state index in [0.29, 0.717) is 5.69 Å². The molecule has 0 spiro atoms. The van der Waals surface area contributed by atoms with Crippen LogP contribution in [0.4, 0.5) is 0 Å². The van der Waals surface area contributed by atoms with Crippen molar-refractivity contribution >= 4 is 16.2 Å². The molecule has 0 saturated carbocycles. The average Bonchev–Trinajstić information content (AvgIpc) is 2.45. The van der Waals surface area contributed by atoms with Gasteiger partial charge in [0.25, 0.3) is 0 Å². The van der Waals surface area contributed by atoms with Gasteiger partial charge >= 0.3 is 16.2 Å². The average molecular weight is 230 g/mol. The van der Waals surface area contributed by atoms with Crippen molar-refractivity contribution in [1.82, 2.24) is 14.1 Å². The lowest BCUT2D eigenvalue weighted by molar-refractivity contribution is 0.404. The molecule has 7 nitrogen and oxygen atoms in total. The molecule has 0 atom stereocenters. The van der Waals surface area contributed by atoms with Crippen LogP contribution < -0.4 is 4.74 Å². The van der Waals surface area contributed by atoms with E-state index in [1.54, 1.807) is 21.0 Å². The van der Waals surface area contributed by atoms with Gasteiger partial charge in [-0.25, -0.2) is 0 Å². The Bertz CT molecular complexity index is 528. The third kappa shape index (κ3) is 1.56. The first-order chi connectivity index (χ1) is 6.90. The smallest absolute Gasteiger partial charge is 0.371 e. The summed E-state index contributed by atoms with van der Waals surface area (Å²) in [7, 11) is -0.496. The number of aryl methyl sites for hydroxylation is 1. The fraction of sp³-hybridized carbons (Fsp3) is 0.429. The summed E-state index contributed by atoms with van der Waals surface area (Å²) in [4.78, 5) is 1.48. The van der Waals surface area contributed by atoms with E-state index in [4.69, 9.17) is 4.74 Å². The zero-order valence-electron chi connectivity index (χ0n) is 8.50. The van der Waals surface area contributed by atoms with Gasteiger partial charge in [-0.2, -0.15) is 13.5 Å². The molecule has 0 amide bonds. The maximum Gasteiger partial charge on any atom is 0.371 e. The van der Waals surface area contributed by atoms with E-state index in [9.17, 15) is 8.42 Å². The number of aromatic nitrogens is 2. The number of nitrogens with zero attached hydrogens (tertiary/aromatic N) is 4. The van der Waals surface area contributed by atoms with E-state index in [2.05, 4.69) is 9.50 Å². The van der Waals surface area contributed by atoms with Crippen molar-refractivity contribution in [2.24, 2.45) is 4.40 Å². The molecule has 2 heterocycles. The van der Waals surface area contributed by atoms with Gasteiger partial charge in [-0.05, 0) is 6.92 Å². The second-order valence-electron chi connectivity index (χ2n) is 3.32. The zero-order chi connectivity index (χ0) is 11.2. The van der Waals surface area contributed by atoms with Crippen LogP contribution in [0, 0.1) is 6.92 Å². The first kappa shape index (κ1) is 9.97. The quantitative estimate of drug-likeness (QED) is 0.605. The maximum absolute atomic E-state index is 11.6. The Morgan fingerprint density at radius 3 is 2.73 bits per heavy atom. The third-order valence-corrected chi connectivity index (χ3v) is 2.85. The second kappa shape index (κ2) is 2.96. The highest BCUT2D eigenvalue weighted by Crippen LogP contribution is 2.21. The fourth-order valence-corrected chi connectivity index (χ4v) is 2.14. The highest BCUT2D eigenvalue weighted by atomic mass is 32.2. The van der Waals surface area contributed by atoms with Crippen LogP contribution in [0.1, 0.15) is 5.69 Å². The van der Waals surface area contributed by atoms with E-state index in [-0.39, 0.29) is 11.9 Å². The Morgan fingerprint density at radius 1 is 1.47 bits per heavy atom. The van der Waals surface area contributed by atoms with Gasteiger partial charge in [0, 0.05) is 20.2 Å². The molecule has 0 unspecified atom stereocenters. The van der Waals surface area contributed by atoms with Crippen LogP contribution in [0.3, 0.4) is 0 Å². The highest BCUT2D eigenvalue weighted by molar-refractivity contribution is 7.88. The van der Waals surface area contributed by atoms with E-state index in [1.165, 1.54) is 11.0 Å². The molecule has 0 aliphatic carbocycles. The first-order valence-corrected chi connectivity index (χ1v) is 5.57. The molecule has 1 aliphatic rings. The molecule has 0 N–H and O–H groups in total. The van der Waals surface area contributed by atoms with Crippen molar-refractivity contribution in [2.45, 2.75) is 6.92 Å². The van der Waals surface area contributed by atoms with E-state index in [0.717, 1.165) is 4.09 Å². The Balaban J connectivity index is 2.58. The Labute approximate surface area is 87.2 Å². The zero-order valence-corrected chi connectivity index (χ0v) is 9.32. The summed E-state index contributed by atoms with van der Waals surface area (Å²) in [6.45, 7) is 1.68. The molecular formula is C7H10N4O3S. The van der Waals surface area contributed by atoms with Gasteiger partial charge in [-0.15, -0.1) is 4.09 Å². The number of rotatable bonds is 0. The summed E-state index contributed by atoms with van der Waals surface area (Å²) in [5, 5.41) is 3.78. The minimum Gasteiger partial charge on any atom is -0.405 e. The van der Waals surface area contributed by atoms with Crippen LogP contribution in [0.15, 0.2) is 10.5 Å². The summed E-state index contributed by atoms with van der Waals surface area (Å²) in [5.41, 5.74) is 0.559. The first-order valence-electron chi connectivity index (χ1n) is 4.17. The summed E-state index contributed by atoms with van der Waals surface area (Å²) < 4.78 is 32.7. The van der Waals surface area contributed by atoms with Gasteiger partial charge in [0.05, 0.1) is 5.69 Å². The van der Waals surface area contributed by atoms with Gasteiger partial charge in [-0.1, -0.05) is 4.40 Å². The van der Waals surface area contributed by atoms with Gasteiger partial charge in [0.2, 0.25) is 5.88 Å². The fourth-order valence-electron chi connectivity index (χ4n) is 1.11. The molecular weight excluding hydrogens is 220 g/mol. The van der Waals surface area contributed by atoms with Crippen LogP contribution in [0.2, 0.25) is 0 Å². The van der Waals surface area contributed by atoms with Crippen molar-refractivity contribution < 1.29 is 13.2 Å². The molecule has 1 aromatic heterocycles. The van der Waals surface area contributed by atoms with Gasteiger partial charge in [0.15, 0.2) is 0 Å². The van der Waals surface area contributed by atoms with E-state index < -0.39 is 10.2 Å². The predicted octanol–water partition coefficient (Wildman–Crippen LogP) is -0.406. The molecule has 0 bridgehead atoms. The van der Waals surface area contributed by atoms with Crippen molar-refractivity contribution in [3.8, 4) is 5.88 Å². The van der Waals surface area contributed by atoms with Gasteiger partial charge < -0.3 is 9.64 Å². The summed E-state index contributed by atoms with van der Waals surface area (Å²) in [6, 6.07) is 1.57. The Hall–Kier alpha value is -1.57. The van der Waals surface area contributed by atoms with Crippen molar-refractivity contribution in [2.75, 3.05) is 14.1 Å². The maximum atomic E-state index is 11.6. The Morgan fingerprint density at radius 2 is 2.13 bits per heavy atom. The van der Waals surface area contributed by atoms with Gasteiger partial charge in [-0.3, -0.25) is 0 Å². The molecule has 0 aromatic carbocycles. The predicted molar refractivity (Wildman–Crippen MR) is 53.0 cm³/mol.